The van der Waals surface area contributed by atoms with E-state index in [2.05, 4.69) is 13.8 Å². The van der Waals surface area contributed by atoms with Crippen molar-refractivity contribution in [3.8, 4) is 0 Å². The van der Waals surface area contributed by atoms with Crippen LogP contribution in [-0.4, -0.2) is 30.9 Å². The van der Waals surface area contributed by atoms with Gasteiger partial charge in [0.1, 0.15) is 0 Å². The normalized spacial score (nSPS) is 10.9. The van der Waals surface area contributed by atoms with Crippen LogP contribution >= 0.6 is 0 Å². The highest BCUT2D eigenvalue weighted by Gasteiger charge is 2.05. The van der Waals surface area contributed by atoms with Crippen molar-refractivity contribution in [3.05, 3.63) is 0 Å². The predicted octanol–water partition coefficient (Wildman–Crippen LogP) is 7.69. The van der Waals surface area contributed by atoms with Crippen molar-refractivity contribution in [2.24, 2.45) is 0 Å². The fourth-order valence-corrected chi connectivity index (χ4v) is 3.84. The van der Waals surface area contributed by atoms with Crippen molar-refractivity contribution in [2.45, 2.75) is 129 Å². The summed E-state index contributed by atoms with van der Waals surface area (Å²) in [6, 6.07) is 0. The minimum Gasteiger partial charge on any atom is -0.379 e. The molecule has 0 aliphatic rings. The Bertz CT molecular complexity index is 212. The van der Waals surface area contributed by atoms with E-state index in [1.807, 2.05) is 0 Å². The van der Waals surface area contributed by atoms with E-state index in [9.17, 15) is 0 Å². The summed E-state index contributed by atoms with van der Waals surface area (Å²) in [6.45, 7) is 4.59. The quantitative estimate of drug-likeness (QED) is 0.154. The fourth-order valence-electron chi connectivity index (χ4n) is 3.26. The first-order valence-electron chi connectivity index (χ1n) is 11.8. The van der Waals surface area contributed by atoms with Gasteiger partial charge < -0.3 is 13.3 Å². The van der Waals surface area contributed by atoms with Crippen LogP contribution in [0.4, 0.5) is 0 Å². The summed E-state index contributed by atoms with van der Waals surface area (Å²) >= 11 is 0. The van der Waals surface area contributed by atoms with E-state index in [0.29, 0.717) is 0 Å². The summed E-state index contributed by atoms with van der Waals surface area (Å²) < 4.78 is 14.2. The molecule has 27 heavy (non-hydrogen) atoms. The van der Waals surface area contributed by atoms with Crippen LogP contribution in [-0.2, 0) is 13.3 Å². The van der Waals surface area contributed by atoms with E-state index < -0.39 is 9.53 Å². The largest absolute Gasteiger partial charge is 0.483 e. The van der Waals surface area contributed by atoms with Crippen LogP contribution in [0.1, 0.15) is 129 Å². The molecule has 0 spiro atoms. The van der Waals surface area contributed by atoms with Crippen LogP contribution in [0.5, 0.6) is 0 Å². The van der Waals surface area contributed by atoms with Gasteiger partial charge in [0.25, 0.3) is 0 Å². The van der Waals surface area contributed by atoms with Crippen molar-refractivity contribution in [2.75, 3.05) is 21.3 Å². The summed E-state index contributed by atoms with van der Waals surface area (Å²) in [5, 5.41) is 0. The van der Waals surface area contributed by atoms with Gasteiger partial charge in [-0.2, -0.15) is 0 Å². The van der Waals surface area contributed by atoms with Gasteiger partial charge in [-0.15, -0.1) is 0 Å². The monoisotopic (exact) mass is 404 g/mol. The van der Waals surface area contributed by atoms with Gasteiger partial charge in [0.2, 0.25) is 0 Å². The molecule has 4 heteroatoms. The molecule has 166 valence electrons. The van der Waals surface area contributed by atoms with Crippen molar-refractivity contribution in [1.82, 2.24) is 0 Å². The molecular formula is C23H52O3Si. The maximum atomic E-state index is 4.74. The predicted molar refractivity (Wildman–Crippen MR) is 123 cm³/mol. The van der Waals surface area contributed by atoms with Gasteiger partial charge in [0, 0.05) is 21.3 Å². The molecule has 0 aromatic heterocycles. The molecule has 0 aliphatic carbocycles. The molecule has 0 saturated heterocycles. The first-order valence-corrected chi connectivity index (χ1v) is 13.3. The van der Waals surface area contributed by atoms with E-state index in [1.54, 1.807) is 21.3 Å². The second-order valence-corrected chi connectivity index (χ2v) is 9.64. The summed E-state index contributed by atoms with van der Waals surface area (Å²) in [7, 11) is 3.05. The first kappa shape index (κ1) is 29.3. The molecule has 0 unspecified atom stereocenters. The second-order valence-electron chi connectivity index (χ2n) is 7.65. The zero-order valence-electron chi connectivity index (χ0n) is 19.5. The van der Waals surface area contributed by atoms with Gasteiger partial charge in [0.05, 0.1) is 0 Å². The molecule has 0 rings (SSSR count). The lowest BCUT2D eigenvalue weighted by molar-refractivity contribution is 0.163. The Hall–Kier alpha value is 0.0969. The molecule has 0 N–H and O–H groups in total. The smallest absolute Gasteiger partial charge is 0.379 e. The molecule has 0 aliphatic heterocycles. The maximum Gasteiger partial charge on any atom is 0.483 e. The Balaban J connectivity index is 0. The third kappa shape index (κ3) is 28.4. The molecule has 0 radical (unpaired) electrons. The lowest BCUT2D eigenvalue weighted by atomic mass is 10.0. The maximum absolute atomic E-state index is 4.74. The SMILES string of the molecule is CCCCCCCCCCCCCCCCCCCC.CO[SiH](OC)OC. The van der Waals surface area contributed by atoms with Crippen molar-refractivity contribution < 1.29 is 13.3 Å². The Labute approximate surface area is 173 Å². The average molecular weight is 405 g/mol. The van der Waals surface area contributed by atoms with E-state index >= 15 is 0 Å². The van der Waals surface area contributed by atoms with Gasteiger partial charge in [-0.05, 0) is 0 Å². The average Bonchev–Trinajstić information content (AvgIpc) is 2.69. The van der Waals surface area contributed by atoms with Crippen LogP contribution in [0.15, 0.2) is 0 Å². The van der Waals surface area contributed by atoms with Crippen LogP contribution in [0.3, 0.4) is 0 Å². The Kier molecular flexibility index (Phi) is 30.7. The topological polar surface area (TPSA) is 27.7 Å². The Morgan fingerprint density at radius 2 is 0.556 bits per heavy atom. The molecule has 0 saturated carbocycles. The van der Waals surface area contributed by atoms with Crippen LogP contribution in [0, 0.1) is 0 Å². The molecule has 0 aromatic rings. The van der Waals surface area contributed by atoms with Gasteiger partial charge in [-0.25, -0.2) is 0 Å². The first-order chi connectivity index (χ1) is 13.3. The molecule has 0 heterocycles. The van der Waals surface area contributed by atoms with Gasteiger partial charge in [-0.1, -0.05) is 129 Å². The van der Waals surface area contributed by atoms with Crippen molar-refractivity contribution >= 4 is 9.53 Å². The summed E-state index contributed by atoms with van der Waals surface area (Å²) in [6.07, 6.45) is 26.4. The molecule has 0 fully saturated rings. The van der Waals surface area contributed by atoms with Crippen molar-refractivity contribution in [3.63, 3.8) is 0 Å². The zero-order valence-corrected chi connectivity index (χ0v) is 20.7. The number of hydrogen-bond acceptors (Lipinski definition) is 3. The highest BCUT2D eigenvalue weighted by atomic mass is 28.3. The van der Waals surface area contributed by atoms with Gasteiger partial charge in [0.15, 0.2) is 0 Å². The highest BCUT2D eigenvalue weighted by molar-refractivity contribution is 6.36. The second kappa shape index (κ2) is 28.3. The summed E-state index contributed by atoms with van der Waals surface area (Å²) in [5.74, 6) is 0. The van der Waals surface area contributed by atoms with E-state index in [0.717, 1.165) is 0 Å². The van der Waals surface area contributed by atoms with E-state index in [-0.39, 0.29) is 0 Å². The van der Waals surface area contributed by atoms with Gasteiger partial charge in [-0.3, -0.25) is 0 Å². The minimum absolute atomic E-state index is 1.37. The van der Waals surface area contributed by atoms with E-state index in [1.165, 1.54) is 116 Å². The molecule has 3 nitrogen and oxygen atoms in total. The Morgan fingerprint density at radius 3 is 0.667 bits per heavy atom. The highest BCUT2D eigenvalue weighted by Crippen LogP contribution is 2.14. The zero-order chi connectivity index (χ0) is 20.4. The van der Waals surface area contributed by atoms with Crippen LogP contribution in [0.2, 0.25) is 0 Å². The van der Waals surface area contributed by atoms with Crippen LogP contribution < -0.4 is 0 Å². The molecular weight excluding hydrogens is 352 g/mol. The molecule has 0 amide bonds. The number of unbranched alkanes of at least 4 members (excludes halogenated alkanes) is 17. The molecule has 0 bridgehead atoms. The molecule has 0 atom stereocenters. The molecule has 0 aromatic carbocycles. The number of rotatable bonds is 20. The Morgan fingerprint density at radius 1 is 0.370 bits per heavy atom. The standard InChI is InChI=1S/C20H42.C3H10O3Si/c1-3-5-7-9-11-13-15-17-19-20-18-16-14-12-10-8-6-4-2;1-4-7(5-2)6-3/h3-20H2,1-2H3;7H,1-3H3. The fraction of sp³-hybridized carbons (Fsp3) is 1.00. The lowest BCUT2D eigenvalue weighted by Gasteiger charge is -2.05. The van der Waals surface area contributed by atoms with Gasteiger partial charge >= 0.3 is 9.53 Å². The summed E-state index contributed by atoms with van der Waals surface area (Å²) in [5.41, 5.74) is 0. The van der Waals surface area contributed by atoms with Crippen molar-refractivity contribution in [1.29, 1.82) is 0 Å². The third-order valence-electron chi connectivity index (χ3n) is 5.03. The minimum atomic E-state index is -1.67. The lowest BCUT2D eigenvalue weighted by Crippen LogP contribution is -2.21. The third-order valence-corrected chi connectivity index (χ3v) is 6.19. The van der Waals surface area contributed by atoms with Crippen LogP contribution in [0.25, 0.3) is 0 Å². The number of hydrogen-bond donors (Lipinski definition) is 0. The summed E-state index contributed by atoms with van der Waals surface area (Å²) in [4.78, 5) is 0. The van der Waals surface area contributed by atoms with E-state index in [4.69, 9.17) is 13.3 Å².